The summed E-state index contributed by atoms with van der Waals surface area (Å²) in [5.74, 6) is 0.560. The molecule has 2 aromatic carbocycles. The molecule has 0 saturated heterocycles. The Morgan fingerprint density at radius 3 is 1.33 bits per heavy atom. The maximum absolute atomic E-state index is 7.68. The first-order chi connectivity index (χ1) is 16.9. The van der Waals surface area contributed by atoms with Crippen molar-refractivity contribution in [2.24, 2.45) is 5.92 Å². The summed E-state index contributed by atoms with van der Waals surface area (Å²) in [4.78, 5) is 0. The average Bonchev–Trinajstić information content (AvgIpc) is 3.10. The van der Waals surface area contributed by atoms with E-state index in [2.05, 4.69) is 95.4 Å². The minimum atomic E-state index is 0. The van der Waals surface area contributed by atoms with Gasteiger partial charge in [0.25, 0.3) is 0 Å². The SMILES string of the molecule is CC1=[C-]C(C)C(C)=C1C.C[SiH]C.[Hf].[NH-]C1CCCCCCCCC1.c1ccc(-c2ccccc2)cc1. The van der Waals surface area contributed by atoms with E-state index in [0.717, 1.165) is 22.4 Å². The van der Waals surface area contributed by atoms with E-state index in [4.69, 9.17) is 5.73 Å². The Morgan fingerprint density at radius 2 is 1.06 bits per heavy atom. The number of hydrogen-bond acceptors (Lipinski definition) is 0. The van der Waals surface area contributed by atoms with Gasteiger partial charge in [0.05, 0.1) is 0 Å². The molecular weight excluding hydrogens is 617 g/mol. The number of rotatable bonds is 1. The molecule has 0 aromatic heterocycles. The summed E-state index contributed by atoms with van der Waals surface area (Å²) >= 11 is 0. The quantitative estimate of drug-likeness (QED) is 0.214. The molecule has 1 unspecified atom stereocenters. The van der Waals surface area contributed by atoms with Gasteiger partial charge in [-0.3, -0.25) is 6.08 Å². The monoisotopic (exact) mass is 668 g/mol. The Balaban J connectivity index is 0.000000481. The maximum Gasteiger partial charge on any atom is 0.0213 e. The van der Waals surface area contributed by atoms with Crippen molar-refractivity contribution in [1.82, 2.24) is 0 Å². The van der Waals surface area contributed by atoms with Gasteiger partial charge in [-0.2, -0.15) is 11.1 Å². The van der Waals surface area contributed by atoms with E-state index in [-0.39, 0.29) is 31.9 Å². The zero-order valence-electron chi connectivity index (χ0n) is 23.9. The molecule has 2 aromatic rings. The van der Waals surface area contributed by atoms with Crippen LogP contribution in [0.25, 0.3) is 16.9 Å². The van der Waals surface area contributed by atoms with Crippen LogP contribution < -0.4 is 0 Å². The Morgan fingerprint density at radius 1 is 0.694 bits per heavy atom. The van der Waals surface area contributed by atoms with Crippen LogP contribution in [0.15, 0.2) is 77.4 Å². The molecule has 1 atom stereocenters. The minimum absolute atomic E-state index is 0. The molecule has 0 spiro atoms. The van der Waals surface area contributed by atoms with Crippen LogP contribution in [0.3, 0.4) is 0 Å². The van der Waals surface area contributed by atoms with E-state index in [1.54, 1.807) is 0 Å². The number of nitrogens with one attached hydrogen (secondary N) is 1. The van der Waals surface area contributed by atoms with Crippen LogP contribution in [-0.4, -0.2) is 15.6 Å². The summed E-state index contributed by atoms with van der Waals surface area (Å²) in [6.07, 6.45) is 15.3. The van der Waals surface area contributed by atoms with E-state index in [1.165, 1.54) is 72.8 Å². The predicted molar refractivity (Wildman–Crippen MR) is 160 cm³/mol. The van der Waals surface area contributed by atoms with E-state index in [0.29, 0.717) is 5.92 Å². The third kappa shape index (κ3) is 15.3. The first-order valence-corrected chi connectivity index (χ1v) is 16.0. The van der Waals surface area contributed by atoms with Crippen LogP contribution >= 0.6 is 0 Å². The molecule has 1 saturated carbocycles. The average molecular weight is 667 g/mol. The summed E-state index contributed by atoms with van der Waals surface area (Å²) in [7, 11) is 0.750. The van der Waals surface area contributed by atoms with Crippen LogP contribution in [0.4, 0.5) is 0 Å². The summed E-state index contributed by atoms with van der Waals surface area (Å²) in [6.45, 7) is 13.1. The van der Waals surface area contributed by atoms with Crippen LogP contribution in [0, 0.1) is 12.0 Å². The fraction of sp³-hybridized carbons (Fsp3) is 0.515. The minimum Gasteiger partial charge on any atom is -0.675 e. The van der Waals surface area contributed by atoms with E-state index in [9.17, 15) is 0 Å². The number of hydrogen-bond donors (Lipinski definition) is 0. The van der Waals surface area contributed by atoms with Crippen molar-refractivity contribution in [1.29, 1.82) is 0 Å². The molecule has 1 N–H and O–H groups in total. The second-order valence-corrected chi connectivity index (χ2v) is 11.0. The molecule has 4 rings (SSSR count). The van der Waals surface area contributed by atoms with E-state index >= 15 is 0 Å². The van der Waals surface area contributed by atoms with Crippen LogP contribution in [-0.2, 0) is 25.8 Å². The van der Waals surface area contributed by atoms with Crippen LogP contribution in [0.5, 0.6) is 0 Å². The Bertz CT molecular complexity index is 797. The van der Waals surface area contributed by atoms with Gasteiger partial charge in [0.15, 0.2) is 0 Å². The summed E-state index contributed by atoms with van der Waals surface area (Å²) in [5.41, 5.74) is 14.5. The standard InChI is InChI=1S/C12H10.C10H20N.C9H13.C2H7Si.Hf/c1-3-7-11(8-4-1)12-9-5-2-6-10-12;11-10-8-6-4-2-1-3-5-7-9-10;1-6-5-7(2)9(4)8(6)3;1-3-2;/h1-10H;10-11H,1-9H2;6H,1-4H3;3H,1-2H3;/q;2*-1;;. The van der Waals surface area contributed by atoms with Gasteiger partial charge in [0, 0.05) is 35.4 Å². The first-order valence-electron chi connectivity index (χ1n) is 13.7. The Hall–Kier alpha value is -1.03. The Labute approximate surface area is 245 Å². The third-order valence-corrected chi connectivity index (χ3v) is 6.72. The molecule has 197 valence electrons. The van der Waals surface area contributed by atoms with Gasteiger partial charge in [0.1, 0.15) is 0 Å². The van der Waals surface area contributed by atoms with Gasteiger partial charge in [-0.05, 0) is 11.1 Å². The summed E-state index contributed by atoms with van der Waals surface area (Å²) in [6, 6.07) is 21.0. The van der Waals surface area contributed by atoms with Crippen molar-refractivity contribution in [2.75, 3.05) is 0 Å². The van der Waals surface area contributed by atoms with Crippen molar-refractivity contribution in [3.63, 3.8) is 0 Å². The van der Waals surface area contributed by atoms with Gasteiger partial charge < -0.3 is 5.73 Å². The first kappa shape index (κ1) is 35.0. The molecule has 1 nitrogen and oxygen atoms in total. The second-order valence-electron chi connectivity index (χ2n) is 9.86. The predicted octanol–water partition coefficient (Wildman–Crippen LogP) is 10.5. The summed E-state index contributed by atoms with van der Waals surface area (Å²) in [5, 5.41) is 0. The third-order valence-electron chi connectivity index (χ3n) is 6.72. The summed E-state index contributed by atoms with van der Waals surface area (Å²) < 4.78 is 0. The van der Waals surface area contributed by atoms with Gasteiger partial charge in [0.2, 0.25) is 0 Å². The molecule has 36 heavy (non-hydrogen) atoms. The molecule has 3 heteroatoms. The fourth-order valence-electron chi connectivity index (χ4n) is 4.23. The van der Waals surface area contributed by atoms with E-state index < -0.39 is 0 Å². The largest absolute Gasteiger partial charge is 0.675 e. The smallest absolute Gasteiger partial charge is 0.0213 e. The zero-order chi connectivity index (χ0) is 25.9. The zero-order valence-corrected chi connectivity index (χ0v) is 28.6. The second kappa shape index (κ2) is 22.0. The van der Waals surface area contributed by atoms with Gasteiger partial charge >= 0.3 is 0 Å². The van der Waals surface area contributed by atoms with E-state index in [1.807, 2.05) is 12.1 Å². The van der Waals surface area contributed by atoms with Crippen molar-refractivity contribution >= 4 is 9.52 Å². The molecule has 0 heterocycles. The molecule has 1 fully saturated rings. The normalized spacial score (nSPS) is 18.1. The van der Waals surface area contributed by atoms with Crippen molar-refractivity contribution in [3.05, 3.63) is 89.2 Å². The topological polar surface area (TPSA) is 23.8 Å². The van der Waals surface area contributed by atoms with Crippen molar-refractivity contribution in [2.45, 2.75) is 105 Å². The molecule has 2 aliphatic carbocycles. The van der Waals surface area contributed by atoms with Crippen LogP contribution in [0.1, 0.15) is 85.5 Å². The Kier molecular flexibility index (Phi) is 21.4. The molecule has 2 aliphatic rings. The maximum atomic E-state index is 7.68. The number of allylic oxidation sites excluding steroid dienone is 4. The molecular formula is C33H50HfNSi-2. The molecule has 1 radical (unpaired) electrons. The molecule has 0 aliphatic heterocycles. The van der Waals surface area contributed by atoms with Crippen molar-refractivity contribution < 1.29 is 25.8 Å². The number of benzene rings is 2. The fourth-order valence-corrected chi connectivity index (χ4v) is 4.23. The molecule has 0 bridgehead atoms. The van der Waals surface area contributed by atoms with Gasteiger partial charge in [-0.25, -0.2) is 5.57 Å². The van der Waals surface area contributed by atoms with Gasteiger partial charge in [-0.15, -0.1) is 13.0 Å². The van der Waals surface area contributed by atoms with Crippen LogP contribution in [0.2, 0.25) is 13.1 Å². The van der Waals surface area contributed by atoms with Gasteiger partial charge in [-0.1, -0.05) is 158 Å². The van der Waals surface area contributed by atoms with Crippen molar-refractivity contribution in [3.8, 4) is 11.1 Å². The molecule has 0 amide bonds.